The van der Waals surface area contributed by atoms with Crippen LogP contribution in [0, 0.1) is 6.92 Å². The maximum Gasteiger partial charge on any atom is 0.410 e. The van der Waals surface area contributed by atoms with Gasteiger partial charge >= 0.3 is 6.09 Å². The summed E-state index contributed by atoms with van der Waals surface area (Å²) in [6, 6.07) is 13.4. The van der Waals surface area contributed by atoms with E-state index in [1.165, 1.54) is 47.9 Å². The molecule has 1 amide bonds. The Morgan fingerprint density at radius 1 is 0.935 bits per heavy atom. The number of benzene rings is 2. The van der Waals surface area contributed by atoms with Gasteiger partial charge in [0.2, 0.25) is 0 Å². The molecule has 3 nitrogen and oxygen atoms in total. The van der Waals surface area contributed by atoms with Gasteiger partial charge in [0, 0.05) is 13.1 Å². The minimum absolute atomic E-state index is 0.214. The predicted octanol–water partition coefficient (Wildman–Crippen LogP) is 7.05. The zero-order chi connectivity index (χ0) is 23.0. The average Bonchev–Trinajstić information content (AvgIpc) is 3.22. The Morgan fingerprint density at radius 2 is 1.58 bits per heavy atom. The smallest absolute Gasteiger partial charge is 0.410 e. The second-order valence-electron chi connectivity index (χ2n) is 9.23. The maximum absolute atomic E-state index is 12.0. The van der Waals surface area contributed by atoms with Crippen LogP contribution in [0.25, 0.3) is 0 Å². The molecule has 1 heterocycles. The fraction of sp³-hybridized carbons (Fsp3) is 0.536. The first kappa shape index (κ1) is 25.0. The van der Waals surface area contributed by atoms with E-state index < -0.39 is 5.60 Å². The zero-order valence-electron chi connectivity index (χ0n) is 20.7. The van der Waals surface area contributed by atoms with Crippen LogP contribution in [-0.2, 0) is 37.0 Å². The summed E-state index contributed by atoms with van der Waals surface area (Å²) in [6.45, 7) is 15.4. The highest BCUT2D eigenvalue weighted by Gasteiger charge is 2.25. The number of carbonyl (C=O) groups excluding carboxylic acids is 1. The van der Waals surface area contributed by atoms with Gasteiger partial charge in [0.25, 0.3) is 0 Å². The molecular formula is C28H41NO2. The summed E-state index contributed by atoms with van der Waals surface area (Å²) in [5, 5.41) is 0. The standard InChI is InChI=1S/C15H21NO2.C11H14.C2H6/c1-11-5-6-13-10-16(8-7-12(13)9-11)14(17)18-15(2,3)4;1-2-9-6-7-10-4-3-5-11(10)8-9;1-2/h5-6,9H,7-8,10H2,1-4H3;6-8H,2-5H2,1H3;1-2H3. The van der Waals surface area contributed by atoms with Gasteiger partial charge in [0.15, 0.2) is 0 Å². The van der Waals surface area contributed by atoms with E-state index in [1.54, 1.807) is 16.0 Å². The van der Waals surface area contributed by atoms with Crippen LogP contribution in [0.4, 0.5) is 4.79 Å². The molecule has 2 aromatic rings. The highest BCUT2D eigenvalue weighted by Crippen LogP contribution is 2.23. The van der Waals surface area contributed by atoms with Gasteiger partial charge in [0.05, 0.1) is 0 Å². The number of carbonyl (C=O) groups is 1. The highest BCUT2D eigenvalue weighted by atomic mass is 16.6. The van der Waals surface area contributed by atoms with E-state index in [0.29, 0.717) is 6.54 Å². The van der Waals surface area contributed by atoms with Gasteiger partial charge in [-0.15, -0.1) is 0 Å². The van der Waals surface area contributed by atoms with Crippen LogP contribution >= 0.6 is 0 Å². The number of nitrogens with zero attached hydrogens (tertiary/aromatic N) is 1. The normalized spacial score (nSPS) is 14.4. The molecule has 1 aliphatic heterocycles. The second-order valence-corrected chi connectivity index (χ2v) is 9.23. The van der Waals surface area contributed by atoms with E-state index >= 15 is 0 Å². The van der Waals surface area contributed by atoms with Gasteiger partial charge in [0.1, 0.15) is 5.60 Å². The zero-order valence-corrected chi connectivity index (χ0v) is 20.7. The molecule has 0 saturated carbocycles. The van der Waals surface area contributed by atoms with Crippen LogP contribution in [0.2, 0.25) is 0 Å². The molecule has 0 saturated heterocycles. The molecule has 1 aliphatic carbocycles. The summed E-state index contributed by atoms with van der Waals surface area (Å²) in [7, 11) is 0. The summed E-state index contributed by atoms with van der Waals surface area (Å²) in [5.74, 6) is 0. The fourth-order valence-corrected chi connectivity index (χ4v) is 4.01. The van der Waals surface area contributed by atoms with Crippen LogP contribution in [0.1, 0.15) is 81.3 Å². The van der Waals surface area contributed by atoms with Gasteiger partial charge in [-0.2, -0.15) is 0 Å². The van der Waals surface area contributed by atoms with Crippen molar-refractivity contribution in [2.75, 3.05) is 6.54 Å². The van der Waals surface area contributed by atoms with Crippen LogP contribution in [-0.4, -0.2) is 23.1 Å². The minimum Gasteiger partial charge on any atom is -0.444 e. The van der Waals surface area contributed by atoms with E-state index in [2.05, 4.69) is 50.2 Å². The molecule has 0 fully saturated rings. The lowest BCUT2D eigenvalue weighted by Crippen LogP contribution is -2.39. The van der Waals surface area contributed by atoms with Crippen molar-refractivity contribution in [3.05, 3.63) is 69.8 Å². The third-order valence-corrected chi connectivity index (χ3v) is 5.60. The molecule has 0 aromatic heterocycles. The molecule has 2 aliphatic rings. The minimum atomic E-state index is -0.426. The third-order valence-electron chi connectivity index (χ3n) is 5.60. The van der Waals surface area contributed by atoms with Crippen LogP contribution in [0.5, 0.6) is 0 Å². The highest BCUT2D eigenvalue weighted by molar-refractivity contribution is 5.68. The van der Waals surface area contributed by atoms with Crippen molar-refractivity contribution >= 4 is 6.09 Å². The van der Waals surface area contributed by atoms with Gasteiger partial charge in [-0.1, -0.05) is 62.7 Å². The molecule has 31 heavy (non-hydrogen) atoms. The number of rotatable bonds is 1. The Hall–Kier alpha value is -2.29. The lowest BCUT2D eigenvalue weighted by molar-refractivity contribution is 0.0224. The molecule has 0 bridgehead atoms. The largest absolute Gasteiger partial charge is 0.444 e. The summed E-state index contributed by atoms with van der Waals surface area (Å²) in [5.41, 5.74) is 8.12. The van der Waals surface area contributed by atoms with Crippen molar-refractivity contribution in [2.45, 2.75) is 92.7 Å². The van der Waals surface area contributed by atoms with E-state index in [1.807, 2.05) is 34.6 Å². The molecule has 170 valence electrons. The van der Waals surface area contributed by atoms with Crippen molar-refractivity contribution in [1.29, 1.82) is 0 Å². The topological polar surface area (TPSA) is 29.5 Å². The summed E-state index contributed by atoms with van der Waals surface area (Å²) in [6.07, 6.45) is 5.85. The molecule has 3 heteroatoms. The molecule has 0 unspecified atom stereocenters. The second kappa shape index (κ2) is 11.4. The Morgan fingerprint density at radius 3 is 2.26 bits per heavy atom. The third kappa shape index (κ3) is 7.41. The number of hydrogen-bond acceptors (Lipinski definition) is 2. The predicted molar refractivity (Wildman–Crippen MR) is 131 cm³/mol. The summed E-state index contributed by atoms with van der Waals surface area (Å²) >= 11 is 0. The molecular weight excluding hydrogens is 382 g/mol. The molecule has 0 N–H and O–H groups in total. The number of aryl methyl sites for hydroxylation is 4. The molecule has 0 radical (unpaired) electrons. The monoisotopic (exact) mass is 423 g/mol. The van der Waals surface area contributed by atoms with Crippen molar-refractivity contribution in [3.8, 4) is 0 Å². The van der Waals surface area contributed by atoms with E-state index in [-0.39, 0.29) is 6.09 Å². The first-order chi connectivity index (χ1) is 14.7. The van der Waals surface area contributed by atoms with Crippen LogP contribution in [0.3, 0.4) is 0 Å². The Bertz CT molecular complexity index is 864. The average molecular weight is 424 g/mol. The Labute approximate surface area is 189 Å². The number of fused-ring (bicyclic) bond motifs is 2. The lowest BCUT2D eigenvalue weighted by atomic mass is 9.98. The Balaban J connectivity index is 0.000000224. The summed E-state index contributed by atoms with van der Waals surface area (Å²) < 4.78 is 5.40. The fourth-order valence-electron chi connectivity index (χ4n) is 4.01. The van der Waals surface area contributed by atoms with Crippen LogP contribution < -0.4 is 0 Å². The summed E-state index contributed by atoms with van der Waals surface area (Å²) in [4.78, 5) is 13.8. The first-order valence-corrected chi connectivity index (χ1v) is 11.9. The van der Waals surface area contributed by atoms with E-state index in [4.69, 9.17) is 4.74 Å². The van der Waals surface area contributed by atoms with Gasteiger partial charge in [-0.05, 0) is 87.6 Å². The first-order valence-electron chi connectivity index (χ1n) is 11.9. The lowest BCUT2D eigenvalue weighted by Gasteiger charge is -2.31. The van der Waals surface area contributed by atoms with Crippen LogP contribution in [0.15, 0.2) is 36.4 Å². The van der Waals surface area contributed by atoms with Gasteiger partial charge in [-0.25, -0.2) is 4.79 Å². The van der Waals surface area contributed by atoms with Crippen molar-refractivity contribution < 1.29 is 9.53 Å². The van der Waals surface area contributed by atoms with E-state index in [0.717, 1.165) is 13.0 Å². The van der Waals surface area contributed by atoms with E-state index in [9.17, 15) is 4.79 Å². The van der Waals surface area contributed by atoms with Crippen molar-refractivity contribution in [2.24, 2.45) is 0 Å². The number of amides is 1. The molecule has 2 aromatic carbocycles. The van der Waals surface area contributed by atoms with Gasteiger partial charge in [-0.3, -0.25) is 0 Å². The van der Waals surface area contributed by atoms with Crippen molar-refractivity contribution in [1.82, 2.24) is 4.90 Å². The molecule has 0 spiro atoms. The molecule has 4 rings (SSSR count). The SMILES string of the molecule is CC.CCc1ccc2c(c1)CCC2.Cc1ccc2c(c1)CCN(C(=O)OC(C)(C)C)C2. The maximum atomic E-state index is 12.0. The van der Waals surface area contributed by atoms with Gasteiger partial charge < -0.3 is 9.64 Å². The number of hydrogen-bond donors (Lipinski definition) is 0. The quantitative estimate of drug-likeness (QED) is 0.492. The Kier molecular flexibility index (Phi) is 9.15. The van der Waals surface area contributed by atoms with Crippen molar-refractivity contribution in [3.63, 3.8) is 0 Å². The molecule has 0 atom stereocenters. The number of ether oxygens (including phenoxy) is 1.